The Morgan fingerprint density at radius 1 is 0.590 bits per heavy atom. The fourth-order valence-corrected chi connectivity index (χ4v) is 7.09. The Morgan fingerprint density at radius 2 is 1.31 bits per heavy atom. The topological polar surface area (TPSA) is 12.9 Å². The Bertz CT molecular complexity index is 1900. The Morgan fingerprint density at radius 3 is 2.13 bits per heavy atom. The summed E-state index contributed by atoms with van der Waals surface area (Å²) < 4.78 is 0. The summed E-state index contributed by atoms with van der Waals surface area (Å²) in [6, 6.07) is 44.7. The number of rotatable bonds is 3. The first-order valence-electron chi connectivity index (χ1n) is 13.8. The molecule has 0 radical (unpaired) electrons. The molecule has 6 aromatic rings. The minimum atomic E-state index is -0.353. The number of hydrogen-bond acceptors (Lipinski definition) is 1. The van der Waals surface area contributed by atoms with Gasteiger partial charge in [-0.3, -0.25) is 4.98 Å². The second kappa shape index (κ2) is 8.64. The van der Waals surface area contributed by atoms with E-state index in [4.69, 9.17) is 0 Å². The van der Waals surface area contributed by atoms with Gasteiger partial charge in [0.2, 0.25) is 0 Å². The third kappa shape index (κ3) is 3.23. The number of aromatic nitrogens is 1. The number of hydrogen-bond donors (Lipinski definition) is 0. The SMILES string of the molecule is C1=C(c2ccc3cc4ccccc4cc3c2)C2=C(CC1)C(c1ccccc1)(c1cccnc1)c1ccccc12. The number of pyridine rings is 1. The molecule has 1 heterocycles. The molecule has 1 unspecified atom stereocenters. The van der Waals surface area contributed by atoms with Crippen molar-refractivity contribution in [1.82, 2.24) is 4.98 Å². The molecular formula is C38H27N. The van der Waals surface area contributed by atoms with Gasteiger partial charge >= 0.3 is 0 Å². The molecule has 0 fully saturated rings. The Balaban J connectivity index is 1.40. The highest BCUT2D eigenvalue weighted by molar-refractivity contribution is 6.12. The summed E-state index contributed by atoms with van der Waals surface area (Å²) in [7, 11) is 0. The van der Waals surface area contributed by atoms with Gasteiger partial charge in [-0.1, -0.05) is 103 Å². The van der Waals surface area contributed by atoms with Gasteiger partial charge < -0.3 is 0 Å². The van der Waals surface area contributed by atoms with Crippen LogP contribution in [-0.4, -0.2) is 4.98 Å². The molecule has 0 spiro atoms. The lowest BCUT2D eigenvalue weighted by atomic mass is 9.65. The minimum Gasteiger partial charge on any atom is -0.264 e. The van der Waals surface area contributed by atoms with Gasteiger partial charge in [-0.05, 0) is 103 Å². The van der Waals surface area contributed by atoms with Crippen LogP contribution in [0.25, 0.3) is 32.7 Å². The molecule has 39 heavy (non-hydrogen) atoms. The lowest BCUT2D eigenvalue weighted by molar-refractivity contribution is 0.693. The zero-order chi connectivity index (χ0) is 25.8. The molecule has 1 nitrogen and oxygen atoms in total. The fraction of sp³-hybridized carbons (Fsp3) is 0.0789. The predicted octanol–water partition coefficient (Wildman–Crippen LogP) is 9.37. The first-order valence-corrected chi connectivity index (χ1v) is 13.8. The number of nitrogens with zero attached hydrogens (tertiary/aromatic N) is 1. The Kier molecular flexibility index (Phi) is 4.93. The third-order valence-corrected chi connectivity index (χ3v) is 8.68. The van der Waals surface area contributed by atoms with Crippen molar-refractivity contribution in [3.63, 3.8) is 0 Å². The largest absolute Gasteiger partial charge is 0.264 e. The van der Waals surface area contributed by atoms with Crippen LogP contribution in [0.4, 0.5) is 0 Å². The first kappa shape index (κ1) is 22.3. The van der Waals surface area contributed by atoms with Gasteiger partial charge in [0.15, 0.2) is 0 Å². The van der Waals surface area contributed by atoms with E-state index in [0.717, 1.165) is 12.8 Å². The molecule has 0 saturated heterocycles. The molecule has 0 saturated carbocycles. The molecule has 1 heteroatoms. The smallest absolute Gasteiger partial charge is 0.0691 e. The summed E-state index contributed by atoms with van der Waals surface area (Å²) in [5.41, 5.74) is 10.4. The van der Waals surface area contributed by atoms with E-state index in [1.54, 1.807) is 0 Å². The van der Waals surface area contributed by atoms with E-state index in [0.29, 0.717) is 0 Å². The van der Waals surface area contributed by atoms with Crippen LogP contribution in [0.2, 0.25) is 0 Å². The van der Waals surface area contributed by atoms with E-state index >= 15 is 0 Å². The van der Waals surface area contributed by atoms with E-state index in [9.17, 15) is 0 Å². The van der Waals surface area contributed by atoms with Crippen molar-refractivity contribution < 1.29 is 0 Å². The normalized spacial score (nSPS) is 18.2. The fourth-order valence-electron chi connectivity index (χ4n) is 7.09. The number of benzene rings is 5. The van der Waals surface area contributed by atoms with E-state index in [1.807, 2.05) is 6.20 Å². The van der Waals surface area contributed by atoms with Crippen LogP contribution >= 0.6 is 0 Å². The van der Waals surface area contributed by atoms with E-state index in [-0.39, 0.29) is 5.41 Å². The van der Waals surface area contributed by atoms with Crippen molar-refractivity contribution in [1.29, 1.82) is 0 Å². The minimum absolute atomic E-state index is 0.353. The average molecular weight is 498 g/mol. The van der Waals surface area contributed by atoms with E-state index < -0.39 is 0 Å². The van der Waals surface area contributed by atoms with Gasteiger partial charge in [-0.25, -0.2) is 0 Å². The zero-order valence-corrected chi connectivity index (χ0v) is 21.6. The summed E-state index contributed by atoms with van der Waals surface area (Å²) in [4.78, 5) is 4.61. The summed E-state index contributed by atoms with van der Waals surface area (Å²) in [6.45, 7) is 0. The molecule has 8 rings (SSSR count). The first-order chi connectivity index (χ1) is 19.3. The zero-order valence-electron chi connectivity index (χ0n) is 21.6. The molecular weight excluding hydrogens is 470 g/mol. The Hall–Kier alpha value is -4.75. The number of allylic oxidation sites excluding steroid dienone is 4. The van der Waals surface area contributed by atoms with Gasteiger partial charge in [0.05, 0.1) is 5.41 Å². The van der Waals surface area contributed by atoms with Crippen LogP contribution in [-0.2, 0) is 5.41 Å². The van der Waals surface area contributed by atoms with Crippen LogP contribution in [0.15, 0.2) is 145 Å². The summed E-state index contributed by atoms with van der Waals surface area (Å²) in [6.07, 6.45) is 8.45. The molecule has 1 atom stereocenters. The van der Waals surface area contributed by atoms with Crippen molar-refractivity contribution in [2.24, 2.45) is 0 Å². The van der Waals surface area contributed by atoms with Crippen molar-refractivity contribution in [3.05, 3.63) is 173 Å². The van der Waals surface area contributed by atoms with Crippen LogP contribution < -0.4 is 0 Å². The van der Waals surface area contributed by atoms with Crippen LogP contribution in [0.5, 0.6) is 0 Å². The highest BCUT2D eigenvalue weighted by atomic mass is 14.6. The summed E-state index contributed by atoms with van der Waals surface area (Å²) >= 11 is 0. The molecule has 0 amide bonds. The van der Waals surface area contributed by atoms with Crippen molar-refractivity contribution >= 4 is 32.7 Å². The van der Waals surface area contributed by atoms with Gasteiger partial charge in [-0.15, -0.1) is 0 Å². The summed E-state index contributed by atoms with van der Waals surface area (Å²) in [5.74, 6) is 0. The molecule has 0 aliphatic heterocycles. The molecule has 2 aliphatic rings. The highest BCUT2D eigenvalue weighted by Gasteiger charge is 2.48. The van der Waals surface area contributed by atoms with Crippen LogP contribution in [0.1, 0.15) is 40.7 Å². The summed E-state index contributed by atoms with van der Waals surface area (Å²) in [5, 5.41) is 5.13. The lowest BCUT2D eigenvalue weighted by Gasteiger charge is -2.36. The quantitative estimate of drug-likeness (QED) is 0.222. The van der Waals surface area contributed by atoms with Gasteiger partial charge in [0, 0.05) is 12.4 Å². The monoisotopic (exact) mass is 497 g/mol. The molecule has 0 N–H and O–H groups in total. The maximum absolute atomic E-state index is 4.61. The van der Waals surface area contributed by atoms with Gasteiger partial charge in [0.25, 0.3) is 0 Å². The van der Waals surface area contributed by atoms with Crippen LogP contribution in [0, 0.1) is 0 Å². The second-order valence-corrected chi connectivity index (χ2v) is 10.7. The third-order valence-electron chi connectivity index (χ3n) is 8.68. The van der Waals surface area contributed by atoms with Crippen molar-refractivity contribution in [2.75, 3.05) is 0 Å². The molecule has 1 aromatic heterocycles. The second-order valence-electron chi connectivity index (χ2n) is 10.7. The van der Waals surface area contributed by atoms with E-state index in [2.05, 4.69) is 139 Å². The average Bonchev–Trinajstić information content (AvgIpc) is 3.32. The molecule has 0 bridgehead atoms. The maximum atomic E-state index is 4.61. The lowest BCUT2D eigenvalue weighted by Crippen LogP contribution is -2.30. The highest BCUT2D eigenvalue weighted by Crippen LogP contribution is 2.59. The maximum Gasteiger partial charge on any atom is 0.0691 e. The molecule has 184 valence electrons. The Labute approximate surface area is 228 Å². The standard InChI is InChI=1S/C38H27N/c1-2-12-31(13-3-1)38(32-14-9-21-39-25-32)35-17-7-6-15-34(35)37-33(16-8-18-36(37)38)29-20-19-28-22-26-10-4-5-11-27(26)23-30(28)24-29/h1-7,9-17,19-25H,8,18H2. The molecule has 2 aliphatic carbocycles. The van der Waals surface area contributed by atoms with Crippen molar-refractivity contribution in [2.45, 2.75) is 18.3 Å². The predicted molar refractivity (Wildman–Crippen MR) is 163 cm³/mol. The van der Waals surface area contributed by atoms with Crippen molar-refractivity contribution in [3.8, 4) is 0 Å². The van der Waals surface area contributed by atoms with E-state index in [1.165, 1.54) is 66.1 Å². The molecule has 5 aromatic carbocycles. The van der Waals surface area contributed by atoms with Gasteiger partial charge in [0.1, 0.15) is 0 Å². The van der Waals surface area contributed by atoms with Crippen LogP contribution in [0.3, 0.4) is 0 Å². The number of fused-ring (bicyclic) bond motifs is 4. The van der Waals surface area contributed by atoms with Gasteiger partial charge in [-0.2, -0.15) is 0 Å².